The number of hydrogen-bond donors (Lipinski definition) is 2. The number of guanidine groups is 1. The molecule has 0 saturated carbocycles. The zero-order chi connectivity index (χ0) is 19.8. The molecule has 0 unspecified atom stereocenters. The minimum atomic E-state index is 0. The van der Waals surface area contributed by atoms with E-state index in [1.54, 1.807) is 18.7 Å². The summed E-state index contributed by atoms with van der Waals surface area (Å²) in [6.07, 6.45) is 7.03. The molecule has 2 aromatic heterocycles. The number of rotatable bonds is 8. The van der Waals surface area contributed by atoms with Crippen LogP contribution in [0.25, 0.3) is 5.82 Å². The Labute approximate surface area is 187 Å². The largest absolute Gasteiger partial charge is 0.494 e. The lowest BCUT2D eigenvalue weighted by Gasteiger charge is -2.14. The van der Waals surface area contributed by atoms with Gasteiger partial charge in [0.25, 0.3) is 0 Å². The van der Waals surface area contributed by atoms with Crippen molar-refractivity contribution in [2.24, 2.45) is 10.7 Å². The maximum atomic E-state index is 6.06. The lowest BCUT2D eigenvalue weighted by Crippen LogP contribution is -2.23. The van der Waals surface area contributed by atoms with Gasteiger partial charge in [-0.3, -0.25) is 4.57 Å². The van der Waals surface area contributed by atoms with Crippen LogP contribution >= 0.6 is 24.0 Å². The molecule has 0 aliphatic heterocycles. The number of nitrogens with two attached hydrogens (primary N) is 1. The van der Waals surface area contributed by atoms with E-state index >= 15 is 0 Å². The van der Waals surface area contributed by atoms with Crippen molar-refractivity contribution in [3.8, 4) is 17.3 Å². The number of halogens is 1. The number of hydrogen-bond acceptors (Lipinski definition) is 5. The summed E-state index contributed by atoms with van der Waals surface area (Å²) in [6.45, 7) is 5.41. The van der Waals surface area contributed by atoms with Gasteiger partial charge in [-0.2, -0.15) is 0 Å². The highest BCUT2D eigenvalue weighted by molar-refractivity contribution is 14.0. The van der Waals surface area contributed by atoms with E-state index in [2.05, 4.69) is 20.3 Å². The molecule has 1 aromatic carbocycles. The average molecular weight is 508 g/mol. The van der Waals surface area contributed by atoms with Crippen LogP contribution in [0.4, 0.5) is 5.69 Å². The second-order valence-corrected chi connectivity index (χ2v) is 5.85. The van der Waals surface area contributed by atoms with E-state index in [1.165, 1.54) is 0 Å². The maximum absolute atomic E-state index is 6.06. The Bertz CT molecular complexity index is 913. The highest BCUT2D eigenvalue weighted by Gasteiger charge is 2.07. The summed E-state index contributed by atoms with van der Waals surface area (Å²) in [6, 6.07) is 9.43. The molecule has 3 N–H and O–H groups in total. The van der Waals surface area contributed by atoms with Gasteiger partial charge in [0.15, 0.2) is 5.96 Å². The Morgan fingerprint density at radius 3 is 2.66 bits per heavy atom. The second-order valence-electron chi connectivity index (χ2n) is 5.85. The molecule has 0 spiro atoms. The number of imidazole rings is 1. The molecule has 8 nitrogen and oxygen atoms in total. The van der Waals surface area contributed by atoms with Crippen LogP contribution in [-0.4, -0.2) is 33.7 Å². The first-order valence-corrected chi connectivity index (χ1v) is 9.09. The van der Waals surface area contributed by atoms with Crippen LogP contribution in [0.1, 0.15) is 19.4 Å². The van der Waals surface area contributed by atoms with E-state index < -0.39 is 0 Å². The zero-order valence-corrected chi connectivity index (χ0v) is 18.7. The van der Waals surface area contributed by atoms with E-state index in [-0.39, 0.29) is 29.9 Å². The van der Waals surface area contributed by atoms with Gasteiger partial charge >= 0.3 is 0 Å². The van der Waals surface area contributed by atoms with E-state index in [0.29, 0.717) is 31.2 Å². The fourth-order valence-corrected chi connectivity index (χ4v) is 2.56. The van der Waals surface area contributed by atoms with Gasteiger partial charge in [-0.25, -0.2) is 15.0 Å². The van der Waals surface area contributed by atoms with E-state index in [1.807, 2.05) is 54.9 Å². The molecule has 0 bridgehead atoms. The highest BCUT2D eigenvalue weighted by atomic mass is 127. The minimum absolute atomic E-state index is 0. The van der Waals surface area contributed by atoms with Crippen LogP contribution in [0.3, 0.4) is 0 Å². The normalized spacial score (nSPS) is 10.9. The Morgan fingerprint density at radius 1 is 1.17 bits per heavy atom. The fraction of sp³-hybridized carbons (Fsp3) is 0.250. The van der Waals surface area contributed by atoms with Gasteiger partial charge in [0.1, 0.15) is 23.6 Å². The predicted octanol–water partition coefficient (Wildman–Crippen LogP) is 3.61. The molecule has 0 atom stereocenters. The molecule has 3 aromatic rings. The fourth-order valence-electron chi connectivity index (χ4n) is 2.56. The first-order valence-electron chi connectivity index (χ1n) is 9.09. The van der Waals surface area contributed by atoms with Gasteiger partial charge in [-0.1, -0.05) is 6.07 Å². The van der Waals surface area contributed by atoms with Crippen LogP contribution in [0.5, 0.6) is 11.5 Å². The number of anilines is 1. The number of aromatic nitrogens is 3. The highest BCUT2D eigenvalue weighted by Crippen LogP contribution is 2.29. The smallest absolute Gasteiger partial charge is 0.193 e. The van der Waals surface area contributed by atoms with Crippen molar-refractivity contribution in [3.63, 3.8) is 0 Å². The van der Waals surface area contributed by atoms with Crippen molar-refractivity contribution in [2.75, 3.05) is 18.5 Å². The van der Waals surface area contributed by atoms with E-state index in [0.717, 1.165) is 17.1 Å². The molecule has 3 rings (SSSR count). The first kappa shape index (κ1) is 22.5. The molecule has 0 aliphatic rings. The third-order valence-corrected chi connectivity index (χ3v) is 3.83. The van der Waals surface area contributed by atoms with Crippen molar-refractivity contribution in [3.05, 3.63) is 60.8 Å². The second kappa shape index (κ2) is 11.2. The number of ether oxygens (including phenoxy) is 2. The number of aliphatic imine (C=N–C) groups is 1. The van der Waals surface area contributed by atoms with Gasteiger partial charge in [-0.15, -0.1) is 24.0 Å². The summed E-state index contributed by atoms with van der Waals surface area (Å²) < 4.78 is 13.0. The maximum Gasteiger partial charge on any atom is 0.193 e. The lowest BCUT2D eigenvalue weighted by atomic mass is 10.2. The van der Waals surface area contributed by atoms with Gasteiger partial charge in [0.2, 0.25) is 0 Å². The SMILES string of the molecule is CCOc1ccc(OCC)c(NC(N)=NCc2ccc(-n3ccnc3)nc2)c1.I. The molecule has 2 heterocycles. The Morgan fingerprint density at radius 2 is 2.00 bits per heavy atom. The summed E-state index contributed by atoms with van der Waals surface area (Å²) in [5.74, 6) is 2.51. The van der Waals surface area contributed by atoms with E-state index in [4.69, 9.17) is 15.2 Å². The summed E-state index contributed by atoms with van der Waals surface area (Å²) >= 11 is 0. The number of nitrogens with one attached hydrogen (secondary N) is 1. The number of nitrogens with zero attached hydrogens (tertiary/aromatic N) is 4. The van der Waals surface area contributed by atoms with Crippen molar-refractivity contribution >= 4 is 35.6 Å². The van der Waals surface area contributed by atoms with Gasteiger partial charge < -0.3 is 20.5 Å². The molecule has 0 aliphatic carbocycles. The Balaban J connectivity index is 0.00000300. The Kier molecular flexibility index (Phi) is 8.71. The molecule has 29 heavy (non-hydrogen) atoms. The van der Waals surface area contributed by atoms with E-state index in [9.17, 15) is 0 Å². The monoisotopic (exact) mass is 508 g/mol. The first-order chi connectivity index (χ1) is 13.7. The summed E-state index contributed by atoms with van der Waals surface area (Å²) in [4.78, 5) is 12.8. The van der Waals surface area contributed by atoms with Crippen LogP contribution < -0.4 is 20.5 Å². The number of pyridine rings is 1. The molecule has 154 valence electrons. The van der Waals surface area contributed by atoms with Crippen molar-refractivity contribution in [1.29, 1.82) is 0 Å². The van der Waals surface area contributed by atoms with Crippen LogP contribution in [0.2, 0.25) is 0 Å². The van der Waals surface area contributed by atoms with Gasteiger partial charge in [-0.05, 0) is 37.6 Å². The molecular formula is C20H25IN6O2. The predicted molar refractivity (Wildman–Crippen MR) is 125 cm³/mol. The quantitative estimate of drug-likeness (QED) is 0.274. The van der Waals surface area contributed by atoms with Gasteiger partial charge in [0.05, 0.1) is 25.4 Å². The summed E-state index contributed by atoms with van der Waals surface area (Å²) in [7, 11) is 0. The third-order valence-electron chi connectivity index (χ3n) is 3.83. The molecule has 0 amide bonds. The van der Waals surface area contributed by atoms with Gasteiger partial charge in [0, 0.05) is 24.7 Å². The minimum Gasteiger partial charge on any atom is -0.494 e. The third kappa shape index (κ3) is 6.34. The molecule has 0 saturated heterocycles. The van der Waals surface area contributed by atoms with Crippen LogP contribution in [-0.2, 0) is 6.54 Å². The van der Waals surface area contributed by atoms with Crippen molar-refractivity contribution in [2.45, 2.75) is 20.4 Å². The number of benzene rings is 1. The van der Waals surface area contributed by atoms with Crippen molar-refractivity contribution in [1.82, 2.24) is 14.5 Å². The Hall–Kier alpha value is -2.82. The zero-order valence-electron chi connectivity index (χ0n) is 16.4. The topological polar surface area (TPSA) is 99.6 Å². The summed E-state index contributed by atoms with van der Waals surface area (Å²) in [5.41, 5.74) is 7.72. The standard InChI is InChI=1S/C20H24N6O2.HI/c1-3-27-16-6-7-18(28-4-2)17(11-16)25-20(21)24-13-15-5-8-19(23-12-15)26-10-9-22-14-26;/h5-12,14H,3-4,13H2,1-2H3,(H3,21,24,25);1H. The molecule has 0 radical (unpaired) electrons. The average Bonchev–Trinajstić information content (AvgIpc) is 3.24. The molecule has 0 fully saturated rings. The summed E-state index contributed by atoms with van der Waals surface area (Å²) in [5, 5.41) is 3.09. The molecular weight excluding hydrogens is 483 g/mol. The lowest BCUT2D eigenvalue weighted by molar-refractivity contribution is 0.332. The molecule has 9 heteroatoms. The van der Waals surface area contributed by atoms with Crippen LogP contribution in [0, 0.1) is 0 Å². The van der Waals surface area contributed by atoms with Crippen LogP contribution in [0.15, 0.2) is 60.2 Å². The van der Waals surface area contributed by atoms with Crippen molar-refractivity contribution < 1.29 is 9.47 Å².